The Morgan fingerprint density at radius 2 is 1.91 bits per heavy atom. The van der Waals surface area contributed by atoms with Gasteiger partial charge >= 0.3 is 0 Å². The van der Waals surface area contributed by atoms with Crippen molar-refractivity contribution in [3.05, 3.63) is 29.8 Å². The summed E-state index contributed by atoms with van der Waals surface area (Å²) >= 11 is 0. The lowest BCUT2D eigenvalue weighted by molar-refractivity contribution is -0.134. The summed E-state index contributed by atoms with van der Waals surface area (Å²) in [4.78, 5) is 12.3. The molecule has 0 saturated carbocycles. The molecule has 0 aromatic heterocycles. The van der Waals surface area contributed by atoms with E-state index in [2.05, 4.69) is 5.10 Å². The van der Waals surface area contributed by atoms with Crippen molar-refractivity contribution in [2.75, 3.05) is 12.8 Å². The van der Waals surface area contributed by atoms with E-state index in [9.17, 15) is 18.4 Å². The van der Waals surface area contributed by atoms with Gasteiger partial charge < -0.3 is 5.21 Å². The van der Waals surface area contributed by atoms with E-state index >= 15 is 0 Å². The molecule has 0 saturated heterocycles. The molecule has 1 aliphatic rings. The molecule has 0 aliphatic carbocycles. The van der Waals surface area contributed by atoms with Gasteiger partial charge in [0.2, 0.25) is 0 Å². The number of carbonyl (C=O) groups excluding carboxylic acids is 1. The molecule has 120 valence electrons. The van der Waals surface area contributed by atoms with Crippen molar-refractivity contribution >= 4 is 21.5 Å². The Kier molecular flexibility index (Phi) is 4.37. The van der Waals surface area contributed by atoms with Crippen LogP contribution in [0.2, 0.25) is 0 Å². The Labute approximate surface area is 129 Å². The standard InChI is InChI=1S/C14H19N3O4S/c1-4-9-22(20,21)11-7-5-10(6-8-11)12-14(2,16-19)13(18)17(3)15-12/h5-8,16,19H,4,9H2,1-3H3. The van der Waals surface area contributed by atoms with Gasteiger partial charge in [-0.2, -0.15) is 10.6 Å². The minimum Gasteiger partial charge on any atom is -0.315 e. The van der Waals surface area contributed by atoms with Gasteiger partial charge in [-0.15, -0.1) is 0 Å². The first-order valence-corrected chi connectivity index (χ1v) is 8.53. The maximum Gasteiger partial charge on any atom is 0.270 e. The summed E-state index contributed by atoms with van der Waals surface area (Å²) in [5.74, 6) is -0.308. The van der Waals surface area contributed by atoms with Crippen LogP contribution in [0.25, 0.3) is 0 Å². The zero-order valence-corrected chi connectivity index (χ0v) is 13.5. The predicted octanol–water partition coefficient (Wildman–Crippen LogP) is 0.784. The van der Waals surface area contributed by atoms with E-state index in [1.165, 1.54) is 26.1 Å². The summed E-state index contributed by atoms with van der Waals surface area (Å²) in [6.07, 6.45) is 0.544. The molecule has 0 bridgehead atoms. The van der Waals surface area contributed by atoms with Gasteiger partial charge in [-0.25, -0.2) is 13.4 Å². The van der Waals surface area contributed by atoms with E-state index in [-0.39, 0.29) is 10.6 Å². The molecule has 1 unspecified atom stereocenters. The van der Waals surface area contributed by atoms with Crippen LogP contribution in [0.3, 0.4) is 0 Å². The van der Waals surface area contributed by atoms with E-state index in [0.717, 1.165) is 5.01 Å². The zero-order chi connectivity index (χ0) is 16.5. The first-order valence-electron chi connectivity index (χ1n) is 6.88. The molecule has 1 aliphatic heterocycles. The molecular weight excluding hydrogens is 306 g/mol. The highest BCUT2D eigenvalue weighted by molar-refractivity contribution is 7.91. The Balaban J connectivity index is 2.40. The molecule has 1 aromatic carbocycles. The molecule has 0 radical (unpaired) electrons. The second kappa shape index (κ2) is 5.79. The van der Waals surface area contributed by atoms with E-state index in [1.807, 2.05) is 5.48 Å². The minimum atomic E-state index is -3.29. The Morgan fingerprint density at radius 3 is 2.41 bits per heavy atom. The predicted molar refractivity (Wildman–Crippen MR) is 81.4 cm³/mol. The van der Waals surface area contributed by atoms with Crippen LogP contribution in [0.4, 0.5) is 0 Å². The number of rotatable bonds is 5. The Morgan fingerprint density at radius 1 is 1.32 bits per heavy atom. The van der Waals surface area contributed by atoms with E-state index < -0.39 is 21.3 Å². The second-order valence-electron chi connectivity index (χ2n) is 5.36. The van der Waals surface area contributed by atoms with Crippen LogP contribution in [0.15, 0.2) is 34.3 Å². The third-order valence-electron chi connectivity index (χ3n) is 3.63. The van der Waals surface area contributed by atoms with Crippen LogP contribution in [-0.2, 0) is 14.6 Å². The molecular formula is C14H19N3O4S. The van der Waals surface area contributed by atoms with Crippen LogP contribution in [0, 0.1) is 0 Å². The molecule has 1 amide bonds. The van der Waals surface area contributed by atoms with E-state index in [1.54, 1.807) is 19.1 Å². The van der Waals surface area contributed by atoms with Crippen molar-refractivity contribution in [2.45, 2.75) is 30.7 Å². The normalized spacial score (nSPS) is 22.1. The Bertz CT molecular complexity index is 712. The second-order valence-corrected chi connectivity index (χ2v) is 7.47. The summed E-state index contributed by atoms with van der Waals surface area (Å²) in [5.41, 5.74) is 1.55. The van der Waals surface area contributed by atoms with E-state index in [4.69, 9.17) is 0 Å². The minimum absolute atomic E-state index is 0.0877. The Hall–Kier alpha value is -1.77. The van der Waals surface area contributed by atoms with Crippen LogP contribution in [0.1, 0.15) is 25.8 Å². The molecule has 1 aromatic rings. The van der Waals surface area contributed by atoms with Crippen molar-refractivity contribution in [2.24, 2.45) is 5.10 Å². The maximum atomic E-state index is 12.0. The summed E-state index contributed by atoms with van der Waals surface area (Å²) < 4.78 is 24.0. The van der Waals surface area contributed by atoms with Crippen LogP contribution in [-0.4, -0.2) is 48.6 Å². The number of nitrogens with zero attached hydrogens (tertiary/aromatic N) is 2. The fourth-order valence-corrected chi connectivity index (χ4v) is 3.70. The lowest BCUT2D eigenvalue weighted by Crippen LogP contribution is -2.53. The SMILES string of the molecule is CCCS(=O)(=O)c1ccc(C2=NN(C)C(=O)C2(C)NO)cc1. The summed E-state index contributed by atoms with van der Waals surface area (Å²) in [5, 5.41) is 14.6. The number of hydrogen-bond donors (Lipinski definition) is 2. The highest BCUT2D eigenvalue weighted by atomic mass is 32.2. The lowest BCUT2D eigenvalue weighted by atomic mass is 9.91. The van der Waals surface area contributed by atoms with Crippen molar-refractivity contribution in [1.82, 2.24) is 10.5 Å². The number of carbonyl (C=O) groups is 1. The monoisotopic (exact) mass is 325 g/mol. The van der Waals surface area contributed by atoms with E-state index in [0.29, 0.717) is 17.7 Å². The average molecular weight is 325 g/mol. The number of benzene rings is 1. The highest BCUT2D eigenvalue weighted by Gasteiger charge is 2.46. The highest BCUT2D eigenvalue weighted by Crippen LogP contribution is 2.24. The summed E-state index contributed by atoms with van der Waals surface area (Å²) in [6.45, 7) is 3.32. The van der Waals surface area contributed by atoms with Gasteiger partial charge in [0.15, 0.2) is 15.4 Å². The smallest absolute Gasteiger partial charge is 0.270 e. The van der Waals surface area contributed by atoms with Crippen molar-refractivity contribution < 1.29 is 18.4 Å². The number of sulfone groups is 1. The van der Waals surface area contributed by atoms with Gasteiger partial charge in [0, 0.05) is 12.6 Å². The molecule has 1 heterocycles. The first-order chi connectivity index (χ1) is 10.3. The summed E-state index contributed by atoms with van der Waals surface area (Å²) in [6, 6.07) is 6.15. The van der Waals surface area contributed by atoms with Gasteiger partial charge in [0.05, 0.1) is 16.4 Å². The maximum absolute atomic E-state index is 12.0. The zero-order valence-electron chi connectivity index (χ0n) is 12.7. The van der Waals surface area contributed by atoms with Crippen molar-refractivity contribution in [3.63, 3.8) is 0 Å². The third-order valence-corrected chi connectivity index (χ3v) is 5.56. The fraction of sp³-hybridized carbons (Fsp3) is 0.429. The molecule has 0 spiro atoms. The van der Waals surface area contributed by atoms with Crippen LogP contribution in [0.5, 0.6) is 0 Å². The summed E-state index contributed by atoms with van der Waals surface area (Å²) in [7, 11) is -1.80. The van der Waals surface area contributed by atoms with Crippen LogP contribution >= 0.6 is 0 Å². The molecule has 22 heavy (non-hydrogen) atoms. The number of hydrazone groups is 1. The van der Waals surface area contributed by atoms with Gasteiger partial charge in [0.1, 0.15) is 0 Å². The molecule has 2 N–H and O–H groups in total. The largest absolute Gasteiger partial charge is 0.315 e. The molecule has 7 nitrogen and oxygen atoms in total. The molecule has 1 atom stereocenters. The number of hydroxylamine groups is 1. The number of hydrogen-bond acceptors (Lipinski definition) is 6. The number of nitrogens with one attached hydrogen (secondary N) is 1. The lowest BCUT2D eigenvalue weighted by Gasteiger charge is -2.21. The number of amides is 1. The van der Waals surface area contributed by atoms with Crippen molar-refractivity contribution in [3.8, 4) is 0 Å². The topological polar surface area (TPSA) is 99.1 Å². The van der Waals surface area contributed by atoms with Gasteiger partial charge in [-0.05, 0) is 25.5 Å². The average Bonchev–Trinajstić information content (AvgIpc) is 2.72. The third kappa shape index (κ3) is 2.65. The first kappa shape index (κ1) is 16.6. The fourth-order valence-electron chi connectivity index (χ4n) is 2.37. The van der Waals surface area contributed by atoms with Gasteiger partial charge in [-0.1, -0.05) is 19.1 Å². The molecule has 2 rings (SSSR count). The van der Waals surface area contributed by atoms with Crippen LogP contribution < -0.4 is 5.48 Å². The molecule has 8 heteroatoms. The van der Waals surface area contributed by atoms with Gasteiger partial charge in [-0.3, -0.25) is 4.79 Å². The molecule has 0 fully saturated rings. The van der Waals surface area contributed by atoms with Crippen molar-refractivity contribution in [1.29, 1.82) is 0 Å². The quantitative estimate of drug-likeness (QED) is 0.780. The van der Waals surface area contributed by atoms with Gasteiger partial charge in [0.25, 0.3) is 5.91 Å². The number of likely N-dealkylation sites (N-methyl/N-ethyl adjacent to an activating group) is 1.